The number of aromatic nitrogens is 1. The summed E-state index contributed by atoms with van der Waals surface area (Å²) in [5, 5.41) is 4.85. The summed E-state index contributed by atoms with van der Waals surface area (Å²) in [7, 11) is 1.87. The molecule has 118 valence electrons. The van der Waals surface area contributed by atoms with Crippen LogP contribution in [0.15, 0.2) is 0 Å². The molecule has 2 aliphatic rings. The molecule has 0 unspecified atom stereocenters. The van der Waals surface area contributed by atoms with Gasteiger partial charge in [-0.2, -0.15) is 0 Å². The van der Waals surface area contributed by atoms with Gasteiger partial charge in [0.05, 0.1) is 5.69 Å². The smallest absolute Gasteiger partial charge is 0.125 e. The zero-order valence-electron chi connectivity index (χ0n) is 13.6. The third-order valence-corrected chi connectivity index (χ3v) is 6.39. The predicted octanol–water partition coefficient (Wildman–Crippen LogP) is 4.01. The fraction of sp³-hybridized carbons (Fsp3) is 0.824. The molecule has 1 aromatic rings. The molecule has 1 aromatic heterocycles. The van der Waals surface area contributed by atoms with Gasteiger partial charge in [0.2, 0.25) is 0 Å². The lowest BCUT2D eigenvalue weighted by Gasteiger charge is -2.36. The zero-order valence-corrected chi connectivity index (χ0v) is 14.4. The van der Waals surface area contributed by atoms with Crippen molar-refractivity contribution in [1.82, 2.24) is 10.3 Å². The lowest BCUT2D eigenvalue weighted by molar-refractivity contribution is -0.0531. The van der Waals surface area contributed by atoms with Gasteiger partial charge in [0.15, 0.2) is 0 Å². The van der Waals surface area contributed by atoms with E-state index in [1.807, 2.05) is 18.4 Å². The summed E-state index contributed by atoms with van der Waals surface area (Å²) >= 11 is 1.89. The number of ether oxygens (including phenoxy) is 1. The maximum absolute atomic E-state index is 5.99. The fourth-order valence-corrected chi connectivity index (χ4v) is 4.58. The van der Waals surface area contributed by atoms with E-state index in [4.69, 9.17) is 9.72 Å². The van der Waals surface area contributed by atoms with Gasteiger partial charge in [-0.05, 0) is 50.9 Å². The van der Waals surface area contributed by atoms with Crippen molar-refractivity contribution in [1.29, 1.82) is 0 Å². The Bertz CT molecular complexity index is 473. The van der Waals surface area contributed by atoms with Gasteiger partial charge in [0.25, 0.3) is 0 Å². The minimum Gasteiger partial charge on any atom is -0.371 e. The Labute approximate surface area is 132 Å². The van der Waals surface area contributed by atoms with Crippen molar-refractivity contribution in [3.63, 3.8) is 0 Å². The normalized spacial score (nSPS) is 29.8. The number of rotatable bonds is 6. The summed E-state index contributed by atoms with van der Waals surface area (Å²) in [6.07, 6.45) is 8.46. The maximum atomic E-state index is 5.99. The van der Waals surface area contributed by atoms with Crippen LogP contribution in [0.25, 0.3) is 0 Å². The first-order valence-electron chi connectivity index (χ1n) is 8.44. The molecular weight excluding hydrogens is 280 g/mol. The summed E-state index contributed by atoms with van der Waals surface area (Å²) in [5.74, 6) is 0.829. The summed E-state index contributed by atoms with van der Waals surface area (Å²) in [4.78, 5) is 6.40. The first kappa shape index (κ1) is 15.4. The Hall–Kier alpha value is -0.450. The van der Waals surface area contributed by atoms with Crippen LogP contribution in [0.5, 0.6) is 0 Å². The number of methoxy groups -OCH3 is 1. The minimum absolute atomic E-state index is 0.112. The Morgan fingerprint density at radius 2 is 2.00 bits per heavy atom. The maximum Gasteiger partial charge on any atom is 0.125 e. The number of thiazole rings is 1. The van der Waals surface area contributed by atoms with Crippen LogP contribution in [0.4, 0.5) is 0 Å². The largest absolute Gasteiger partial charge is 0.371 e. The molecule has 0 aromatic carbocycles. The van der Waals surface area contributed by atoms with E-state index in [2.05, 4.69) is 19.2 Å². The van der Waals surface area contributed by atoms with Crippen molar-refractivity contribution in [3.05, 3.63) is 15.6 Å². The first-order chi connectivity index (χ1) is 10.2. The van der Waals surface area contributed by atoms with E-state index in [1.54, 1.807) is 0 Å². The predicted molar refractivity (Wildman–Crippen MR) is 87.7 cm³/mol. The summed E-state index contributed by atoms with van der Waals surface area (Å²) < 4.78 is 5.99. The van der Waals surface area contributed by atoms with Gasteiger partial charge in [-0.25, -0.2) is 4.98 Å². The van der Waals surface area contributed by atoms with Crippen molar-refractivity contribution < 1.29 is 4.74 Å². The molecule has 0 amide bonds. The van der Waals surface area contributed by atoms with E-state index in [9.17, 15) is 0 Å². The van der Waals surface area contributed by atoms with Gasteiger partial charge in [-0.3, -0.25) is 0 Å². The van der Waals surface area contributed by atoms with Gasteiger partial charge in [0.1, 0.15) is 10.6 Å². The van der Waals surface area contributed by atoms with Crippen LogP contribution in [0, 0.1) is 5.92 Å². The second kappa shape index (κ2) is 6.35. The van der Waals surface area contributed by atoms with Crippen LogP contribution in [-0.4, -0.2) is 18.1 Å². The standard InChI is InChI=1S/C17H28N2OS/c1-4-14-15(11-18-13-5-6-13)21-16(19-14)17(20-3)9-7-12(2)8-10-17/h12-13,18H,4-11H2,1-3H3. The average molecular weight is 308 g/mol. The fourth-order valence-electron chi connectivity index (χ4n) is 3.25. The lowest BCUT2D eigenvalue weighted by Crippen LogP contribution is -2.33. The van der Waals surface area contributed by atoms with Crippen LogP contribution in [0.3, 0.4) is 0 Å². The van der Waals surface area contributed by atoms with Gasteiger partial charge in [0, 0.05) is 24.6 Å². The van der Waals surface area contributed by atoms with Gasteiger partial charge < -0.3 is 10.1 Å². The molecule has 1 N–H and O–H groups in total. The summed E-state index contributed by atoms with van der Waals surface area (Å²) in [5.41, 5.74) is 1.16. The molecule has 0 aliphatic heterocycles. The Balaban J connectivity index is 1.79. The quantitative estimate of drug-likeness (QED) is 0.862. The molecule has 4 heteroatoms. The highest BCUT2D eigenvalue weighted by atomic mass is 32.1. The van der Waals surface area contributed by atoms with E-state index < -0.39 is 0 Å². The molecule has 21 heavy (non-hydrogen) atoms. The second-order valence-corrected chi connectivity index (χ2v) is 7.86. The molecule has 0 atom stereocenters. The molecule has 0 saturated heterocycles. The van der Waals surface area contributed by atoms with Gasteiger partial charge in [-0.1, -0.05) is 13.8 Å². The third-order valence-electron chi connectivity index (χ3n) is 5.10. The Kier molecular flexibility index (Phi) is 4.67. The number of hydrogen-bond donors (Lipinski definition) is 1. The second-order valence-electron chi connectivity index (χ2n) is 6.78. The van der Waals surface area contributed by atoms with Crippen molar-refractivity contribution in [2.75, 3.05) is 7.11 Å². The SMILES string of the molecule is CCc1nc(C2(OC)CCC(C)CC2)sc1CNC1CC1. The van der Waals surface area contributed by atoms with Crippen molar-refractivity contribution in [3.8, 4) is 0 Å². The van der Waals surface area contributed by atoms with Crippen molar-refractivity contribution in [2.24, 2.45) is 5.92 Å². The van der Waals surface area contributed by atoms with E-state index in [0.29, 0.717) is 0 Å². The van der Waals surface area contributed by atoms with Crippen molar-refractivity contribution >= 4 is 11.3 Å². The highest BCUT2D eigenvalue weighted by Gasteiger charge is 2.39. The number of aryl methyl sites for hydroxylation is 1. The molecule has 2 fully saturated rings. The molecule has 3 nitrogen and oxygen atoms in total. The average Bonchev–Trinajstić information content (AvgIpc) is 3.25. The Morgan fingerprint density at radius 1 is 1.29 bits per heavy atom. The Morgan fingerprint density at radius 3 is 2.57 bits per heavy atom. The molecule has 1 heterocycles. The van der Waals surface area contributed by atoms with Crippen LogP contribution in [0.2, 0.25) is 0 Å². The molecule has 0 radical (unpaired) electrons. The molecule has 0 spiro atoms. The molecule has 0 bridgehead atoms. The summed E-state index contributed by atoms with van der Waals surface area (Å²) in [6.45, 7) is 5.55. The number of nitrogens with zero attached hydrogens (tertiary/aromatic N) is 1. The highest BCUT2D eigenvalue weighted by Crippen LogP contribution is 2.44. The van der Waals surface area contributed by atoms with Gasteiger partial charge in [-0.15, -0.1) is 11.3 Å². The summed E-state index contributed by atoms with van der Waals surface area (Å²) in [6, 6.07) is 0.757. The number of nitrogens with one attached hydrogen (secondary N) is 1. The molecular formula is C17H28N2OS. The molecule has 2 aliphatic carbocycles. The lowest BCUT2D eigenvalue weighted by atomic mass is 9.80. The zero-order chi connectivity index (χ0) is 14.9. The van der Waals surface area contributed by atoms with Crippen LogP contribution >= 0.6 is 11.3 Å². The van der Waals surface area contributed by atoms with Gasteiger partial charge >= 0.3 is 0 Å². The highest BCUT2D eigenvalue weighted by molar-refractivity contribution is 7.11. The monoisotopic (exact) mass is 308 g/mol. The molecule has 2 saturated carbocycles. The number of hydrogen-bond acceptors (Lipinski definition) is 4. The topological polar surface area (TPSA) is 34.1 Å². The van der Waals surface area contributed by atoms with Crippen LogP contribution < -0.4 is 5.32 Å². The molecule has 3 rings (SSSR count). The van der Waals surface area contributed by atoms with E-state index in [-0.39, 0.29) is 5.60 Å². The van der Waals surface area contributed by atoms with Crippen LogP contribution in [0.1, 0.15) is 68.0 Å². The first-order valence-corrected chi connectivity index (χ1v) is 9.26. The minimum atomic E-state index is -0.112. The third kappa shape index (κ3) is 3.33. The van der Waals surface area contributed by atoms with E-state index >= 15 is 0 Å². The van der Waals surface area contributed by atoms with Crippen molar-refractivity contribution in [2.45, 2.75) is 77.0 Å². The van der Waals surface area contributed by atoms with E-state index in [1.165, 1.54) is 41.3 Å². The van der Waals surface area contributed by atoms with Crippen LogP contribution in [-0.2, 0) is 23.3 Å². The van der Waals surface area contributed by atoms with E-state index in [0.717, 1.165) is 37.8 Å².